The van der Waals surface area contributed by atoms with E-state index in [1.165, 1.54) is 4.88 Å². The third-order valence-corrected chi connectivity index (χ3v) is 7.04. The Labute approximate surface area is 201 Å². The van der Waals surface area contributed by atoms with Crippen LogP contribution in [0.4, 0.5) is 5.69 Å². The first-order valence-electron chi connectivity index (χ1n) is 11.8. The molecule has 4 rings (SSSR count). The van der Waals surface area contributed by atoms with Gasteiger partial charge in [0.05, 0.1) is 11.9 Å². The van der Waals surface area contributed by atoms with Gasteiger partial charge >= 0.3 is 0 Å². The van der Waals surface area contributed by atoms with Gasteiger partial charge in [-0.15, -0.1) is 11.3 Å². The van der Waals surface area contributed by atoms with E-state index in [0.717, 1.165) is 63.5 Å². The molecule has 0 spiro atoms. The van der Waals surface area contributed by atoms with Crippen molar-refractivity contribution in [3.8, 4) is 0 Å². The molecule has 2 N–H and O–H groups in total. The highest BCUT2D eigenvalue weighted by atomic mass is 32.1. The fraction of sp³-hybridized carbons (Fsp3) is 0.480. The number of likely N-dealkylation sites (tertiary alicyclic amines) is 1. The maximum Gasteiger partial charge on any atom is 0.208 e. The number of nitrogens with zero attached hydrogens (tertiary/aromatic N) is 4. The van der Waals surface area contributed by atoms with Gasteiger partial charge in [-0.3, -0.25) is 0 Å². The van der Waals surface area contributed by atoms with Gasteiger partial charge in [0, 0.05) is 44.1 Å². The van der Waals surface area contributed by atoms with Gasteiger partial charge in [0.25, 0.3) is 0 Å². The number of allylic oxidation sites excluding steroid dienone is 1. The second-order valence-corrected chi connectivity index (χ2v) is 9.54. The minimum absolute atomic E-state index is 0.0978. The summed E-state index contributed by atoms with van der Waals surface area (Å²) in [4.78, 5) is 5.89. The average Bonchev–Trinajstić information content (AvgIpc) is 3.36. The highest BCUT2D eigenvalue weighted by Gasteiger charge is 2.32. The van der Waals surface area contributed by atoms with Crippen molar-refractivity contribution in [2.45, 2.75) is 38.6 Å². The zero-order valence-electron chi connectivity index (χ0n) is 19.6. The largest absolute Gasteiger partial charge is 0.488 e. The number of aliphatic hydroxyl groups is 1. The molecule has 2 aliphatic rings. The second-order valence-electron chi connectivity index (χ2n) is 8.50. The van der Waals surface area contributed by atoms with Crippen molar-refractivity contribution in [1.29, 1.82) is 0 Å². The zero-order valence-corrected chi connectivity index (χ0v) is 20.4. The number of aliphatic hydroxyl groups excluding tert-OH is 1. The van der Waals surface area contributed by atoms with Gasteiger partial charge in [0.15, 0.2) is 5.76 Å². The van der Waals surface area contributed by atoms with Crippen LogP contribution in [0.2, 0.25) is 0 Å². The minimum Gasteiger partial charge on any atom is -0.488 e. The van der Waals surface area contributed by atoms with Crippen molar-refractivity contribution in [1.82, 2.24) is 15.1 Å². The van der Waals surface area contributed by atoms with Crippen LogP contribution in [0.25, 0.3) is 0 Å². The van der Waals surface area contributed by atoms with E-state index in [9.17, 15) is 5.11 Å². The molecule has 178 valence electrons. The Morgan fingerprint density at radius 2 is 1.97 bits per heavy atom. The van der Waals surface area contributed by atoms with E-state index in [-0.39, 0.29) is 6.10 Å². The molecule has 1 fully saturated rings. The molecule has 3 heterocycles. The summed E-state index contributed by atoms with van der Waals surface area (Å²) < 4.78 is 6.51. The summed E-state index contributed by atoms with van der Waals surface area (Å²) in [7, 11) is 2.14. The van der Waals surface area contributed by atoms with Crippen molar-refractivity contribution in [3.63, 3.8) is 0 Å². The highest BCUT2D eigenvalue weighted by molar-refractivity contribution is 7.09. The number of anilines is 1. The molecule has 0 radical (unpaired) electrons. The normalized spacial score (nSPS) is 19.8. The van der Waals surface area contributed by atoms with Gasteiger partial charge in [-0.05, 0) is 50.4 Å². The molecule has 1 unspecified atom stereocenters. The maximum atomic E-state index is 11.4. The summed E-state index contributed by atoms with van der Waals surface area (Å²) in [5, 5.41) is 23.2. The molecule has 8 heteroatoms. The van der Waals surface area contributed by atoms with E-state index in [1.54, 1.807) is 16.3 Å². The highest BCUT2D eigenvalue weighted by Crippen LogP contribution is 2.29. The molecule has 1 saturated heterocycles. The molecule has 33 heavy (non-hydrogen) atoms. The molecule has 7 nitrogen and oxygen atoms in total. The average molecular weight is 470 g/mol. The van der Waals surface area contributed by atoms with Crippen LogP contribution >= 0.6 is 11.3 Å². The fourth-order valence-electron chi connectivity index (χ4n) is 4.20. The van der Waals surface area contributed by atoms with Crippen molar-refractivity contribution in [2.24, 2.45) is 5.10 Å². The lowest BCUT2D eigenvalue weighted by molar-refractivity contribution is 0.0135. The maximum absolute atomic E-state index is 11.4. The zero-order chi connectivity index (χ0) is 23.0. The first-order chi connectivity index (χ1) is 16.2. The van der Waals surface area contributed by atoms with Gasteiger partial charge in [-0.2, -0.15) is 5.10 Å². The van der Waals surface area contributed by atoms with E-state index in [0.29, 0.717) is 5.76 Å². The summed E-state index contributed by atoms with van der Waals surface area (Å²) in [6, 6.07) is 14.0. The van der Waals surface area contributed by atoms with Crippen LogP contribution in [0.15, 0.2) is 64.4 Å². The molecular formula is C25H35N5O2S. The number of para-hydroxylation sites is 1. The molecule has 0 bridgehead atoms. The van der Waals surface area contributed by atoms with Gasteiger partial charge in [0.2, 0.25) is 6.23 Å². The Morgan fingerprint density at radius 1 is 1.18 bits per heavy atom. The van der Waals surface area contributed by atoms with Gasteiger partial charge in [-0.25, -0.2) is 5.01 Å². The Balaban J connectivity index is 1.50. The smallest absolute Gasteiger partial charge is 0.208 e. The van der Waals surface area contributed by atoms with Crippen molar-refractivity contribution < 1.29 is 9.84 Å². The van der Waals surface area contributed by atoms with Crippen molar-refractivity contribution >= 4 is 23.2 Å². The van der Waals surface area contributed by atoms with Gasteiger partial charge < -0.3 is 25.0 Å². The molecule has 2 aliphatic heterocycles. The summed E-state index contributed by atoms with van der Waals surface area (Å²) in [5.74, 6) is 0.600. The number of hydrogen-bond acceptors (Lipinski definition) is 8. The van der Waals surface area contributed by atoms with Gasteiger partial charge in [-0.1, -0.05) is 24.3 Å². The van der Waals surface area contributed by atoms with Crippen LogP contribution < -0.4 is 10.3 Å². The summed E-state index contributed by atoms with van der Waals surface area (Å²) in [6.45, 7) is 7.45. The number of ether oxygens (including phenoxy) is 1. The van der Waals surface area contributed by atoms with E-state index in [1.807, 2.05) is 36.5 Å². The lowest BCUT2D eigenvalue weighted by Crippen LogP contribution is -2.44. The summed E-state index contributed by atoms with van der Waals surface area (Å²) in [5.41, 5.74) is 1.71. The molecule has 0 saturated carbocycles. The van der Waals surface area contributed by atoms with Crippen LogP contribution in [-0.4, -0.2) is 73.2 Å². The Kier molecular flexibility index (Phi) is 8.39. The number of hydrazone groups is 1. The number of likely N-dealkylation sites (N-methyl/N-ethyl adjacent to an activating group) is 1. The number of nitrogens with one attached hydrogen (secondary N) is 1. The minimum atomic E-state index is -0.958. The summed E-state index contributed by atoms with van der Waals surface area (Å²) >= 11 is 1.77. The lowest BCUT2D eigenvalue weighted by Gasteiger charge is -2.38. The predicted molar refractivity (Wildman–Crippen MR) is 135 cm³/mol. The lowest BCUT2D eigenvalue weighted by atomic mass is 10.1. The summed E-state index contributed by atoms with van der Waals surface area (Å²) in [6.07, 6.45) is 2.89. The molecule has 0 amide bonds. The number of thiophene rings is 1. The van der Waals surface area contributed by atoms with E-state index < -0.39 is 6.23 Å². The third kappa shape index (κ3) is 6.14. The first-order valence-corrected chi connectivity index (χ1v) is 12.7. The van der Waals surface area contributed by atoms with Crippen LogP contribution in [0.5, 0.6) is 0 Å². The Hall–Kier alpha value is -2.39. The fourth-order valence-corrected chi connectivity index (χ4v) is 4.88. The third-order valence-electron chi connectivity index (χ3n) is 6.16. The Morgan fingerprint density at radius 3 is 2.67 bits per heavy atom. The second kappa shape index (κ2) is 11.7. The monoisotopic (exact) mass is 469 g/mol. The molecule has 1 aromatic heterocycles. The van der Waals surface area contributed by atoms with Gasteiger partial charge in [0.1, 0.15) is 11.8 Å². The number of piperidine rings is 1. The van der Waals surface area contributed by atoms with E-state index in [4.69, 9.17) is 4.74 Å². The molecule has 1 atom stereocenters. The number of rotatable bonds is 10. The van der Waals surface area contributed by atoms with E-state index >= 15 is 0 Å². The molecule has 1 aromatic carbocycles. The quantitative estimate of drug-likeness (QED) is 0.521. The molecule has 0 aliphatic carbocycles. The first kappa shape index (κ1) is 23.8. The predicted octanol–water partition coefficient (Wildman–Crippen LogP) is 3.31. The Bertz CT molecular complexity index is 910. The van der Waals surface area contributed by atoms with Crippen LogP contribution in [0.1, 0.15) is 24.6 Å². The number of hydrogen-bond donors (Lipinski definition) is 2. The van der Waals surface area contributed by atoms with Crippen LogP contribution in [0, 0.1) is 0 Å². The standard InChI is InChI=1S/C25H35N5O2S/c1-3-29(16-13-26-18-22-10-7-17-33-22)23-19-27-30(20-8-5-4-6-9-20)25(31)24(23)32-21-11-14-28(2)15-12-21/h4-10,17,19,21,25-26,31H,3,11-16,18H2,1-2H3. The van der Waals surface area contributed by atoms with Crippen LogP contribution in [-0.2, 0) is 11.3 Å². The van der Waals surface area contributed by atoms with Crippen molar-refractivity contribution in [2.75, 3.05) is 44.8 Å². The van der Waals surface area contributed by atoms with Crippen molar-refractivity contribution in [3.05, 3.63) is 64.2 Å². The molecule has 2 aromatic rings. The SMILES string of the molecule is CCN(CCNCc1cccs1)C1=C(OC2CCN(C)CC2)C(O)N(c2ccccc2)N=C1. The topological polar surface area (TPSA) is 63.6 Å². The number of benzene rings is 1. The van der Waals surface area contributed by atoms with E-state index in [2.05, 4.69) is 51.7 Å². The molecular weight excluding hydrogens is 434 g/mol. The van der Waals surface area contributed by atoms with Crippen LogP contribution in [0.3, 0.4) is 0 Å².